The minimum absolute atomic E-state index is 0.126. The first-order chi connectivity index (χ1) is 15.2. The van der Waals surface area contributed by atoms with Crippen LogP contribution in [0.4, 0.5) is 11.4 Å². The van der Waals surface area contributed by atoms with Gasteiger partial charge in [-0.15, -0.1) is 0 Å². The number of likely N-dealkylation sites (N-methyl/N-ethyl adjacent to an activating group) is 1. The summed E-state index contributed by atoms with van der Waals surface area (Å²) in [5.74, 6) is -0.405. The number of aryl methyl sites for hydroxylation is 1. The molecule has 4 N–H and O–H groups in total. The molecule has 0 unspecified atom stereocenters. The molecule has 0 atom stereocenters. The van der Waals surface area contributed by atoms with Gasteiger partial charge in [0.2, 0.25) is 0 Å². The van der Waals surface area contributed by atoms with E-state index in [0.29, 0.717) is 23.2 Å². The number of benzene rings is 1. The van der Waals surface area contributed by atoms with Crippen molar-refractivity contribution in [3.05, 3.63) is 53.1 Å². The molecular weight excluding hydrogens is 406 g/mol. The van der Waals surface area contributed by atoms with Gasteiger partial charge >= 0.3 is 0 Å². The Bertz CT molecular complexity index is 1190. The molecular formula is C23H29N7O2. The summed E-state index contributed by atoms with van der Waals surface area (Å²) in [4.78, 5) is 24.8. The molecule has 0 saturated heterocycles. The highest BCUT2D eigenvalue weighted by molar-refractivity contribution is 6.00. The number of ketones is 1. The van der Waals surface area contributed by atoms with Crippen LogP contribution in [0.25, 0.3) is 5.69 Å². The molecule has 4 rings (SSSR count). The van der Waals surface area contributed by atoms with Crippen molar-refractivity contribution in [3.63, 3.8) is 0 Å². The molecule has 0 aliphatic heterocycles. The molecule has 3 aromatic rings. The fraction of sp³-hybridized carbons (Fsp3) is 0.391. The molecule has 0 bridgehead atoms. The lowest BCUT2D eigenvalue weighted by Gasteiger charge is -2.29. The van der Waals surface area contributed by atoms with Crippen LogP contribution in [-0.2, 0) is 13.0 Å². The highest BCUT2D eigenvalue weighted by atomic mass is 16.1. The summed E-state index contributed by atoms with van der Waals surface area (Å²) in [6.45, 7) is 7.57. The summed E-state index contributed by atoms with van der Waals surface area (Å²) < 4.78 is 3.63. The fourth-order valence-corrected chi connectivity index (χ4v) is 4.27. The summed E-state index contributed by atoms with van der Waals surface area (Å²) in [7, 11) is 1.89. The van der Waals surface area contributed by atoms with Gasteiger partial charge in [-0.2, -0.15) is 10.2 Å². The second-order valence-corrected chi connectivity index (χ2v) is 9.07. The predicted molar refractivity (Wildman–Crippen MR) is 123 cm³/mol. The Morgan fingerprint density at radius 3 is 2.78 bits per heavy atom. The molecule has 2 heterocycles. The SMILES string of the molecule is CNCCn1cc(Nc2cc(-n3nc(C)c4c3CC(C)(C)CC4=O)ccc2C(N)=O)cn1. The third-order valence-electron chi connectivity index (χ3n) is 5.74. The highest BCUT2D eigenvalue weighted by Crippen LogP contribution is 2.37. The molecule has 9 heteroatoms. The van der Waals surface area contributed by atoms with E-state index in [1.54, 1.807) is 18.3 Å². The molecule has 32 heavy (non-hydrogen) atoms. The largest absolute Gasteiger partial charge is 0.366 e. The maximum atomic E-state index is 12.8. The monoisotopic (exact) mass is 435 g/mol. The number of nitrogens with two attached hydrogens (primary N) is 1. The number of amides is 1. The highest BCUT2D eigenvalue weighted by Gasteiger charge is 2.35. The minimum Gasteiger partial charge on any atom is -0.366 e. The first-order valence-corrected chi connectivity index (χ1v) is 10.7. The Balaban J connectivity index is 1.73. The average molecular weight is 436 g/mol. The van der Waals surface area contributed by atoms with Crippen LogP contribution in [0.2, 0.25) is 0 Å². The van der Waals surface area contributed by atoms with Gasteiger partial charge in [0, 0.05) is 19.2 Å². The smallest absolute Gasteiger partial charge is 0.250 e. The van der Waals surface area contributed by atoms with Gasteiger partial charge in [-0.3, -0.25) is 14.3 Å². The van der Waals surface area contributed by atoms with Gasteiger partial charge in [0.1, 0.15) is 0 Å². The number of rotatable bonds is 7. The van der Waals surface area contributed by atoms with Crippen LogP contribution in [0, 0.1) is 12.3 Å². The van der Waals surface area contributed by atoms with E-state index in [1.165, 1.54) is 0 Å². The second kappa shape index (κ2) is 8.23. The second-order valence-electron chi connectivity index (χ2n) is 9.07. The van der Waals surface area contributed by atoms with Gasteiger partial charge in [0.05, 0.1) is 52.3 Å². The Kier molecular flexibility index (Phi) is 5.60. The number of hydrogen-bond acceptors (Lipinski definition) is 6. The first kappa shape index (κ1) is 21.8. The Morgan fingerprint density at radius 1 is 1.28 bits per heavy atom. The van der Waals surface area contributed by atoms with Gasteiger partial charge in [0.15, 0.2) is 5.78 Å². The van der Waals surface area contributed by atoms with Crippen molar-refractivity contribution >= 4 is 23.1 Å². The Morgan fingerprint density at radius 2 is 2.06 bits per heavy atom. The lowest BCUT2D eigenvalue weighted by molar-refractivity contribution is 0.0909. The lowest BCUT2D eigenvalue weighted by Crippen LogP contribution is -2.28. The maximum absolute atomic E-state index is 12.8. The van der Waals surface area contributed by atoms with E-state index < -0.39 is 5.91 Å². The Hall–Kier alpha value is -3.46. The molecule has 0 spiro atoms. The van der Waals surface area contributed by atoms with Crippen molar-refractivity contribution in [2.24, 2.45) is 11.1 Å². The number of anilines is 2. The van der Waals surface area contributed by atoms with Crippen molar-refractivity contribution < 1.29 is 9.59 Å². The quantitative estimate of drug-likeness (QED) is 0.525. The summed E-state index contributed by atoms with van der Waals surface area (Å²) in [6.07, 6.45) is 4.83. The van der Waals surface area contributed by atoms with Crippen LogP contribution < -0.4 is 16.4 Å². The maximum Gasteiger partial charge on any atom is 0.250 e. The number of nitrogens with zero attached hydrogens (tertiary/aromatic N) is 4. The number of nitrogens with one attached hydrogen (secondary N) is 2. The summed E-state index contributed by atoms with van der Waals surface area (Å²) >= 11 is 0. The van der Waals surface area contributed by atoms with E-state index in [4.69, 9.17) is 5.73 Å². The molecule has 168 valence electrons. The van der Waals surface area contributed by atoms with Crippen molar-refractivity contribution in [1.82, 2.24) is 24.9 Å². The molecule has 9 nitrogen and oxygen atoms in total. The molecule has 0 saturated carbocycles. The molecule has 1 aromatic carbocycles. The van der Waals surface area contributed by atoms with Crippen molar-refractivity contribution in [2.75, 3.05) is 18.9 Å². The van der Waals surface area contributed by atoms with Crippen LogP contribution in [0.15, 0.2) is 30.6 Å². The third kappa shape index (κ3) is 4.16. The standard InChI is InChI=1S/C23H29N7O2/c1-14-21-19(10-23(2,3)11-20(21)31)30(28-14)16-5-6-17(22(24)32)18(9-16)27-15-12-26-29(13-15)8-7-25-4/h5-6,9,12-13,25,27H,7-8,10-11H2,1-4H3,(H2,24,32). The lowest BCUT2D eigenvalue weighted by atomic mass is 9.75. The molecule has 2 aromatic heterocycles. The number of carbonyl (C=O) groups is 2. The minimum atomic E-state index is -0.531. The number of carbonyl (C=O) groups excluding carboxylic acids is 2. The third-order valence-corrected chi connectivity index (χ3v) is 5.74. The fourth-order valence-electron chi connectivity index (χ4n) is 4.27. The van der Waals surface area contributed by atoms with Crippen LogP contribution in [0.5, 0.6) is 0 Å². The average Bonchev–Trinajstić information content (AvgIpc) is 3.29. The summed E-state index contributed by atoms with van der Waals surface area (Å²) in [5, 5.41) is 15.3. The van der Waals surface area contributed by atoms with E-state index in [1.807, 2.05) is 35.6 Å². The number of Topliss-reactive ketones (excluding diaryl/α,β-unsaturated/α-hetero) is 1. The van der Waals surface area contributed by atoms with E-state index >= 15 is 0 Å². The Labute approximate surface area is 187 Å². The van der Waals surface area contributed by atoms with E-state index in [0.717, 1.165) is 42.3 Å². The molecule has 1 aliphatic carbocycles. The van der Waals surface area contributed by atoms with Gasteiger partial charge in [-0.05, 0) is 44.0 Å². The number of aromatic nitrogens is 4. The normalized spacial score (nSPS) is 14.9. The topological polar surface area (TPSA) is 120 Å². The van der Waals surface area contributed by atoms with E-state index in [2.05, 4.69) is 34.7 Å². The van der Waals surface area contributed by atoms with Gasteiger partial charge in [-0.25, -0.2) is 4.68 Å². The van der Waals surface area contributed by atoms with Crippen LogP contribution in [0.1, 0.15) is 52.4 Å². The number of primary amides is 1. The first-order valence-electron chi connectivity index (χ1n) is 10.7. The molecule has 1 amide bonds. The predicted octanol–water partition coefficient (Wildman–Crippen LogP) is 2.59. The van der Waals surface area contributed by atoms with Gasteiger partial charge < -0.3 is 16.4 Å². The zero-order valence-electron chi connectivity index (χ0n) is 18.9. The van der Waals surface area contributed by atoms with E-state index in [-0.39, 0.29) is 11.2 Å². The van der Waals surface area contributed by atoms with Crippen LogP contribution in [0.3, 0.4) is 0 Å². The van der Waals surface area contributed by atoms with Crippen molar-refractivity contribution in [1.29, 1.82) is 0 Å². The zero-order chi connectivity index (χ0) is 23.0. The van der Waals surface area contributed by atoms with Crippen LogP contribution in [-0.4, -0.2) is 44.8 Å². The number of fused-ring (bicyclic) bond motifs is 1. The summed E-state index contributed by atoms with van der Waals surface area (Å²) in [6, 6.07) is 5.33. The van der Waals surface area contributed by atoms with Crippen LogP contribution >= 0.6 is 0 Å². The molecule has 0 fully saturated rings. The zero-order valence-corrected chi connectivity index (χ0v) is 18.9. The molecule has 0 radical (unpaired) electrons. The van der Waals surface area contributed by atoms with Gasteiger partial charge in [-0.1, -0.05) is 13.8 Å². The van der Waals surface area contributed by atoms with Crippen molar-refractivity contribution in [3.8, 4) is 5.69 Å². The van der Waals surface area contributed by atoms with Gasteiger partial charge in [0.25, 0.3) is 5.91 Å². The summed E-state index contributed by atoms with van der Waals surface area (Å²) in [5.41, 5.74) is 10.3. The number of hydrogen-bond donors (Lipinski definition) is 3. The van der Waals surface area contributed by atoms with Crippen molar-refractivity contribution in [2.45, 2.75) is 40.2 Å². The molecule has 1 aliphatic rings. The van der Waals surface area contributed by atoms with E-state index in [9.17, 15) is 9.59 Å².